The number of aryl methyl sites for hydroxylation is 1. The Balaban J connectivity index is 1.81. The van der Waals surface area contributed by atoms with E-state index in [-0.39, 0.29) is 5.92 Å². The minimum atomic E-state index is -0.690. The van der Waals surface area contributed by atoms with Crippen LogP contribution in [0.3, 0.4) is 0 Å². The van der Waals surface area contributed by atoms with Gasteiger partial charge in [-0.2, -0.15) is 5.10 Å². The molecule has 1 aromatic rings. The lowest BCUT2D eigenvalue weighted by atomic mass is 9.87. The van der Waals surface area contributed by atoms with E-state index in [0.717, 1.165) is 19.6 Å². The molecule has 0 bridgehead atoms. The van der Waals surface area contributed by atoms with Crippen LogP contribution < -0.4 is 0 Å². The van der Waals surface area contributed by atoms with Crippen LogP contribution in [0, 0.1) is 11.8 Å². The quantitative estimate of drug-likeness (QED) is 0.811. The van der Waals surface area contributed by atoms with Crippen LogP contribution >= 0.6 is 0 Å². The van der Waals surface area contributed by atoms with Crippen molar-refractivity contribution in [2.75, 3.05) is 13.1 Å². The van der Waals surface area contributed by atoms with Gasteiger partial charge in [0.05, 0.1) is 11.6 Å². The van der Waals surface area contributed by atoms with Gasteiger partial charge in [-0.25, -0.2) is 0 Å². The largest absolute Gasteiger partial charge is 0.481 e. The zero-order valence-corrected chi connectivity index (χ0v) is 9.63. The molecule has 0 radical (unpaired) electrons. The Morgan fingerprint density at radius 1 is 1.69 bits per heavy atom. The maximum Gasteiger partial charge on any atom is 0.306 e. The molecule has 16 heavy (non-hydrogen) atoms. The molecule has 1 aliphatic heterocycles. The molecule has 0 aromatic carbocycles. The SMILES string of the molecule is CC(C(=O)O)C1CN(Cc2ccnn2C)C1. The number of aliphatic carboxylic acids is 1. The van der Waals surface area contributed by atoms with Crippen LogP contribution in [0.2, 0.25) is 0 Å². The number of rotatable bonds is 4. The zero-order valence-electron chi connectivity index (χ0n) is 9.63. The van der Waals surface area contributed by atoms with Crippen LogP contribution in [0.5, 0.6) is 0 Å². The number of nitrogens with zero attached hydrogens (tertiary/aromatic N) is 3. The minimum absolute atomic E-state index is 0.234. The lowest BCUT2D eigenvalue weighted by Crippen LogP contribution is -2.50. The molecule has 1 atom stereocenters. The summed E-state index contributed by atoms with van der Waals surface area (Å²) in [5.74, 6) is -0.626. The van der Waals surface area contributed by atoms with E-state index in [1.807, 2.05) is 17.8 Å². The van der Waals surface area contributed by atoms with Crippen molar-refractivity contribution in [2.24, 2.45) is 18.9 Å². The van der Waals surface area contributed by atoms with Crippen molar-refractivity contribution in [1.29, 1.82) is 0 Å². The van der Waals surface area contributed by atoms with Crippen LogP contribution in [0.15, 0.2) is 12.3 Å². The summed E-state index contributed by atoms with van der Waals surface area (Å²) in [6, 6.07) is 1.99. The molecule has 1 fully saturated rings. The molecule has 1 unspecified atom stereocenters. The Labute approximate surface area is 94.7 Å². The van der Waals surface area contributed by atoms with Gasteiger partial charge in [-0.15, -0.1) is 0 Å². The number of aromatic nitrogens is 2. The Hall–Kier alpha value is -1.36. The van der Waals surface area contributed by atoms with Gasteiger partial charge in [0.15, 0.2) is 0 Å². The molecule has 88 valence electrons. The predicted molar refractivity (Wildman–Crippen MR) is 58.8 cm³/mol. The first kappa shape index (κ1) is 11.1. The standard InChI is InChI=1S/C11H17N3O2/c1-8(11(15)16)9-5-14(6-9)7-10-3-4-12-13(10)2/h3-4,8-9H,5-7H2,1-2H3,(H,15,16). The number of hydrogen-bond donors (Lipinski definition) is 1. The van der Waals surface area contributed by atoms with Gasteiger partial charge in [-0.05, 0) is 12.0 Å². The van der Waals surface area contributed by atoms with Gasteiger partial charge in [0.25, 0.3) is 0 Å². The molecule has 2 rings (SSSR count). The first-order chi connectivity index (χ1) is 7.58. The van der Waals surface area contributed by atoms with E-state index >= 15 is 0 Å². The summed E-state index contributed by atoms with van der Waals surface area (Å²) >= 11 is 0. The molecule has 1 saturated heterocycles. The van der Waals surface area contributed by atoms with E-state index in [4.69, 9.17) is 5.11 Å². The van der Waals surface area contributed by atoms with E-state index in [9.17, 15) is 4.79 Å². The van der Waals surface area contributed by atoms with Crippen molar-refractivity contribution in [2.45, 2.75) is 13.5 Å². The second-order valence-electron chi connectivity index (χ2n) is 4.53. The Morgan fingerprint density at radius 3 is 2.88 bits per heavy atom. The average molecular weight is 223 g/mol. The highest BCUT2D eigenvalue weighted by molar-refractivity contribution is 5.70. The minimum Gasteiger partial charge on any atom is -0.481 e. The molecule has 1 aliphatic rings. The number of hydrogen-bond acceptors (Lipinski definition) is 3. The van der Waals surface area contributed by atoms with Crippen molar-refractivity contribution in [3.63, 3.8) is 0 Å². The molecular formula is C11H17N3O2. The van der Waals surface area contributed by atoms with Gasteiger partial charge in [0.2, 0.25) is 0 Å². The van der Waals surface area contributed by atoms with Gasteiger partial charge in [-0.1, -0.05) is 6.92 Å². The van der Waals surface area contributed by atoms with E-state index in [2.05, 4.69) is 10.00 Å². The second kappa shape index (κ2) is 4.25. The highest BCUT2D eigenvalue weighted by Crippen LogP contribution is 2.25. The van der Waals surface area contributed by atoms with Gasteiger partial charge in [-0.3, -0.25) is 14.4 Å². The lowest BCUT2D eigenvalue weighted by molar-refractivity contribution is -0.145. The highest BCUT2D eigenvalue weighted by atomic mass is 16.4. The van der Waals surface area contributed by atoms with E-state index in [1.165, 1.54) is 5.69 Å². The predicted octanol–water partition coefficient (Wildman–Crippen LogP) is 0.573. The van der Waals surface area contributed by atoms with Crippen LogP contribution in [0.4, 0.5) is 0 Å². The van der Waals surface area contributed by atoms with Crippen molar-refractivity contribution in [1.82, 2.24) is 14.7 Å². The number of carboxylic acids is 1. The average Bonchev–Trinajstić information content (AvgIpc) is 2.56. The fraction of sp³-hybridized carbons (Fsp3) is 0.636. The van der Waals surface area contributed by atoms with Crippen molar-refractivity contribution in [3.8, 4) is 0 Å². The fourth-order valence-corrected chi connectivity index (χ4v) is 2.04. The zero-order chi connectivity index (χ0) is 11.7. The molecule has 1 aromatic heterocycles. The normalized spacial score (nSPS) is 19.4. The summed E-state index contributed by atoms with van der Waals surface area (Å²) in [7, 11) is 1.92. The van der Waals surface area contributed by atoms with Gasteiger partial charge < -0.3 is 5.11 Å². The summed E-state index contributed by atoms with van der Waals surface area (Å²) < 4.78 is 1.86. The maximum atomic E-state index is 10.8. The Morgan fingerprint density at radius 2 is 2.38 bits per heavy atom. The summed E-state index contributed by atoms with van der Waals surface area (Å²) in [5.41, 5.74) is 1.17. The maximum absolute atomic E-state index is 10.8. The third-order valence-corrected chi connectivity index (χ3v) is 3.39. The lowest BCUT2D eigenvalue weighted by Gasteiger charge is -2.41. The highest BCUT2D eigenvalue weighted by Gasteiger charge is 2.34. The topological polar surface area (TPSA) is 58.4 Å². The summed E-state index contributed by atoms with van der Waals surface area (Å²) in [6.45, 7) is 4.39. The molecule has 0 aliphatic carbocycles. The van der Waals surface area contributed by atoms with Gasteiger partial charge in [0.1, 0.15) is 0 Å². The van der Waals surface area contributed by atoms with Crippen LogP contribution in [-0.2, 0) is 18.4 Å². The Kier molecular flexibility index (Phi) is 2.96. The number of carbonyl (C=O) groups is 1. The number of likely N-dealkylation sites (tertiary alicyclic amines) is 1. The summed E-state index contributed by atoms with van der Waals surface area (Å²) in [6.07, 6.45) is 1.78. The van der Waals surface area contributed by atoms with Crippen molar-refractivity contribution < 1.29 is 9.90 Å². The molecule has 0 amide bonds. The molecule has 0 spiro atoms. The van der Waals surface area contributed by atoms with Gasteiger partial charge >= 0.3 is 5.97 Å². The fourth-order valence-electron chi connectivity index (χ4n) is 2.04. The molecule has 0 saturated carbocycles. The summed E-state index contributed by atoms with van der Waals surface area (Å²) in [4.78, 5) is 13.0. The van der Waals surface area contributed by atoms with E-state index < -0.39 is 5.97 Å². The third kappa shape index (κ3) is 2.09. The van der Waals surface area contributed by atoms with Gasteiger partial charge in [0, 0.05) is 32.9 Å². The third-order valence-electron chi connectivity index (χ3n) is 3.39. The van der Waals surface area contributed by atoms with E-state index in [1.54, 1.807) is 13.1 Å². The second-order valence-corrected chi connectivity index (χ2v) is 4.53. The first-order valence-corrected chi connectivity index (χ1v) is 5.50. The molecular weight excluding hydrogens is 206 g/mol. The molecule has 1 N–H and O–H groups in total. The summed E-state index contributed by atoms with van der Waals surface area (Å²) in [5, 5.41) is 13.0. The van der Waals surface area contributed by atoms with Crippen LogP contribution in [0.1, 0.15) is 12.6 Å². The smallest absolute Gasteiger partial charge is 0.306 e. The van der Waals surface area contributed by atoms with Crippen LogP contribution in [0.25, 0.3) is 0 Å². The van der Waals surface area contributed by atoms with Crippen LogP contribution in [-0.4, -0.2) is 38.8 Å². The molecule has 5 nitrogen and oxygen atoms in total. The van der Waals surface area contributed by atoms with E-state index in [0.29, 0.717) is 5.92 Å². The van der Waals surface area contributed by atoms with Crippen molar-refractivity contribution in [3.05, 3.63) is 18.0 Å². The van der Waals surface area contributed by atoms with Crippen molar-refractivity contribution >= 4 is 5.97 Å². The number of carboxylic acid groups (broad SMARTS) is 1. The Bertz CT molecular complexity index is 382. The first-order valence-electron chi connectivity index (χ1n) is 5.50. The monoisotopic (exact) mass is 223 g/mol. The molecule has 2 heterocycles. The molecule has 5 heteroatoms.